The van der Waals surface area contributed by atoms with E-state index in [0.717, 1.165) is 27.7 Å². The molecule has 0 N–H and O–H groups in total. The second-order valence-electron chi connectivity index (χ2n) is 9.35. The smallest absolute Gasteiger partial charge is 0.130 e. The molecular weight excluding hydrogens is 427 g/mol. The van der Waals surface area contributed by atoms with Crippen molar-refractivity contribution < 1.29 is 9.13 Å². The Labute approximate surface area is 199 Å². The number of aromatic nitrogens is 1. The van der Waals surface area contributed by atoms with Crippen molar-refractivity contribution in [1.29, 1.82) is 0 Å². The van der Waals surface area contributed by atoms with Gasteiger partial charge in [0.15, 0.2) is 0 Å². The van der Waals surface area contributed by atoms with Gasteiger partial charge in [0.1, 0.15) is 18.2 Å². The number of nitrogens with zero attached hydrogens (tertiary/aromatic N) is 2. The number of benzene rings is 3. The average molecular weight is 455 g/mol. The SMILES string of the molecule is CC(C)(C)C(c1ccccc1)c1cc(OCc2ccc3cc(F)ccc3n2)ccc1/C=C/N=O. The summed E-state index contributed by atoms with van der Waals surface area (Å²) in [6.07, 6.45) is 3.00. The molecule has 34 heavy (non-hydrogen) atoms. The number of hydrogen-bond acceptors (Lipinski definition) is 4. The minimum absolute atomic E-state index is 0.0669. The molecule has 0 saturated carbocycles. The number of fused-ring (bicyclic) bond motifs is 1. The Bertz CT molecular complexity index is 1330. The molecule has 0 saturated heterocycles. The van der Waals surface area contributed by atoms with Crippen LogP contribution in [0.1, 0.15) is 49.1 Å². The first-order valence-corrected chi connectivity index (χ1v) is 11.2. The van der Waals surface area contributed by atoms with Crippen LogP contribution in [0.5, 0.6) is 5.75 Å². The van der Waals surface area contributed by atoms with E-state index in [0.29, 0.717) is 5.75 Å². The minimum atomic E-state index is -0.281. The van der Waals surface area contributed by atoms with Crippen LogP contribution in [-0.4, -0.2) is 4.98 Å². The van der Waals surface area contributed by atoms with Gasteiger partial charge in [0.2, 0.25) is 0 Å². The number of pyridine rings is 1. The molecular formula is C29H27FN2O2. The first-order chi connectivity index (χ1) is 16.3. The molecule has 0 spiro atoms. The maximum absolute atomic E-state index is 13.4. The fourth-order valence-electron chi connectivity index (χ4n) is 4.32. The van der Waals surface area contributed by atoms with Gasteiger partial charge in [-0.15, -0.1) is 4.91 Å². The Morgan fingerprint density at radius 2 is 1.79 bits per heavy atom. The molecule has 1 atom stereocenters. The van der Waals surface area contributed by atoms with Crippen molar-refractivity contribution in [1.82, 2.24) is 4.98 Å². The third kappa shape index (κ3) is 5.37. The molecule has 1 heterocycles. The summed E-state index contributed by atoms with van der Waals surface area (Å²) < 4.78 is 19.6. The monoisotopic (exact) mass is 454 g/mol. The van der Waals surface area contributed by atoms with Crippen LogP contribution in [0.4, 0.5) is 4.39 Å². The standard InChI is InChI=1S/C29H27FN2O2/c1-29(2,3)28(21-7-5-4-6-8-21)26-18-25(13-10-20(26)15-16-31-33)34-19-24-12-9-22-17-23(30)11-14-27(22)32-24/h4-18,28H,19H2,1-3H3/b16-15+. The summed E-state index contributed by atoms with van der Waals surface area (Å²) in [6, 6.07) is 24.4. The summed E-state index contributed by atoms with van der Waals surface area (Å²) in [5.41, 5.74) is 4.54. The normalized spacial score (nSPS) is 12.7. The van der Waals surface area contributed by atoms with Crippen molar-refractivity contribution in [3.05, 3.63) is 118 Å². The van der Waals surface area contributed by atoms with Crippen molar-refractivity contribution in [2.24, 2.45) is 10.6 Å². The van der Waals surface area contributed by atoms with Gasteiger partial charge in [-0.05, 0) is 69.8 Å². The third-order valence-corrected chi connectivity index (χ3v) is 5.78. The lowest BCUT2D eigenvalue weighted by Crippen LogP contribution is -2.20. The van der Waals surface area contributed by atoms with E-state index < -0.39 is 0 Å². The van der Waals surface area contributed by atoms with Crippen LogP contribution in [-0.2, 0) is 6.61 Å². The van der Waals surface area contributed by atoms with Gasteiger partial charge >= 0.3 is 0 Å². The first kappa shape index (κ1) is 23.3. The molecule has 0 bridgehead atoms. The molecule has 0 aliphatic heterocycles. The Balaban J connectivity index is 1.68. The second-order valence-corrected chi connectivity index (χ2v) is 9.35. The van der Waals surface area contributed by atoms with Crippen LogP contribution in [0.2, 0.25) is 0 Å². The highest BCUT2D eigenvalue weighted by Gasteiger charge is 2.29. The summed E-state index contributed by atoms with van der Waals surface area (Å²) in [5, 5.41) is 3.65. The lowest BCUT2D eigenvalue weighted by atomic mass is 9.71. The van der Waals surface area contributed by atoms with Crippen molar-refractivity contribution in [2.75, 3.05) is 0 Å². The average Bonchev–Trinajstić information content (AvgIpc) is 2.82. The van der Waals surface area contributed by atoms with Crippen LogP contribution in [0.25, 0.3) is 17.0 Å². The van der Waals surface area contributed by atoms with Crippen LogP contribution < -0.4 is 4.74 Å². The molecule has 172 valence electrons. The Kier molecular flexibility index (Phi) is 6.82. The fourth-order valence-corrected chi connectivity index (χ4v) is 4.32. The Hall–Kier alpha value is -3.86. The van der Waals surface area contributed by atoms with E-state index in [9.17, 15) is 9.30 Å². The van der Waals surface area contributed by atoms with Gasteiger partial charge in [-0.3, -0.25) is 0 Å². The van der Waals surface area contributed by atoms with Crippen LogP contribution in [0, 0.1) is 16.1 Å². The molecule has 0 fully saturated rings. The molecule has 1 aromatic heterocycles. The molecule has 0 amide bonds. The van der Waals surface area contributed by atoms with E-state index in [-0.39, 0.29) is 23.8 Å². The largest absolute Gasteiger partial charge is 0.487 e. The molecule has 3 aromatic carbocycles. The molecule has 4 nitrogen and oxygen atoms in total. The minimum Gasteiger partial charge on any atom is -0.487 e. The predicted molar refractivity (Wildman–Crippen MR) is 135 cm³/mol. The summed E-state index contributed by atoms with van der Waals surface area (Å²) in [5.74, 6) is 0.492. The van der Waals surface area contributed by atoms with E-state index in [4.69, 9.17) is 4.74 Å². The predicted octanol–water partition coefficient (Wildman–Crippen LogP) is 7.87. The molecule has 0 aliphatic rings. The summed E-state index contributed by atoms with van der Waals surface area (Å²) in [7, 11) is 0. The number of hydrogen-bond donors (Lipinski definition) is 0. The Morgan fingerprint density at radius 3 is 2.53 bits per heavy atom. The summed E-state index contributed by atoms with van der Waals surface area (Å²) in [4.78, 5) is 15.4. The second kappa shape index (κ2) is 9.96. The van der Waals surface area contributed by atoms with Crippen molar-refractivity contribution in [2.45, 2.75) is 33.3 Å². The van der Waals surface area contributed by atoms with Crippen LogP contribution in [0.15, 0.2) is 90.2 Å². The molecule has 0 radical (unpaired) electrons. The molecule has 0 aliphatic carbocycles. The quantitative estimate of drug-likeness (QED) is 0.267. The number of ether oxygens (including phenoxy) is 1. The van der Waals surface area contributed by atoms with E-state index in [1.54, 1.807) is 12.1 Å². The number of nitroso groups, excluding NO2 is 1. The topological polar surface area (TPSA) is 51.6 Å². The van der Waals surface area contributed by atoms with Crippen LogP contribution >= 0.6 is 0 Å². The lowest BCUT2D eigenvalue weighted by Gasteiger charge is -2.33. The molecule has 1 unspecified atom stereocenters. The zero-order valence-electron chi connectivity index (χ0n) is 19.5. The van der Waals surface area contributed by atoms with E-state index in [1.165, 1.54) is 23.9 Å². The van der Waals surface area contributed by atoms with Gasteiger partial charge in [0.05, 0.1) is 17.4 Å². The highest BCUT2D eigenvalue weighted by atomic mass is 19.1. The van der Waals surface area contributed by atoms with Crippen LogP contribution in [0.3, 0.4) is 0 Å². The zero-order valence-corrected chi connectivity index (χ0v) is 19.5. The van der Waals surface area contributed by atoms with Gasteiger partial charge in [-0.25, -0.2) is 9.37 Å². The molecule has 4 aromatic rings. The highest BCUT2D eigenvalue weighted by Crippen LogP contribution is 2.43. The zero-order chi connectivity index (χ0) is 24.1. The summed E-state index contributed by atoms with van der Waals surface area (Å²) in [6.45, 7) is 6.88. The van der Waals surface area contributed by atoms with Gasteiger partial charge in [-0.2, -0.15) is 0 Å². The highest BCUT2D eigenvalue weighted by molar-refractivity contribution is 5.78. The molecule has 5 heteroatoms. The Morgan fingerprint density at radius 1 is 1.00 bits per heavy atom. The van der Waals surface area contributed by atoms with E-state index >= 15 is 0 Å². The first-order valence-electron chi connectivity index (χ1n) is 11.2. The van der Waals surface area contributed by atoms with E-state index in [1.807, 2.05) is 48.5 Å². The fraction of sp³-hybridized carbons (Fsp3) is 0.207. The lowest BCUT2D eigenvalue weighted by molar-refractivity contribution is 0.300. The van der Waals surface area contributed by atoms with E-state index in [2.05, 4.69) is 43.1 Å². The third-order valence-electron chi connectivity index (χ3n) is 5.78. The van der Waals surface area contributed by atoms with Gasteiger partial charge < -0.3 is 4.74 Å². The van der Waals surface area contributed by atoms with Crippen molar-refractivity contribution >= 4 is 17.0 Å². The summed E-state index contributed by atoms with van der Waals surface area (Å²) >= 11 is 0. The van der Waals surface area contributed by atoms with Crippen molar-refractivity contribution in [3.8, 4) is 5.75 Å². The van der Waals surface area contributed by atoms with Gasteiger partial charge in [-0.1, -0.05) is 63.2 Å². The number of halogens is 1. The van der Waals surface area contributed by atoms with Crippen molar-refractivity contribution in [3.63, 3.8) is 0 Å². The maximum atomic E-state index is 13.4. The number of rotatable bonds is 7. The molecule has 4 rings (SSSR count). The van der Waals surface area contributed by atoms with Gasteiger partial charge in [0, 0.05) is 11.3 Å². The van der Waals surface area contributed by atoms with Gasteiger partial charge in [0.25, 0.3) is 0 Å². The maximum Gasteiger partial charge on any atom is 0.130 e.